The van der Waals surface area contributed by atoms with Crippen LogP contribution in [0.25, 0.3) is 5.69 Å². The molecule has 0 spiro atoms. The van der Waals surface area contributed by atoms with E-state index in [-0.39, 0.29) is 12.2 Å². The second kappa shape index (κ2) is 8.50. The number of carbonyl (C=O) groups is 1. The fourth-order valence-corrected chi connectivity index (χ4v) is 2.88. The Morgan fingerprint density at radius 2 is 1.77 bits per heavy atom. The normalized spacial score (nSPS) is 11.3. The molecule has 0 aliphatic heterocycles. The molecule has 0 saturated heterocycles. The van der Waals surface area contributed by atoms with Crippen molar-refractivity contribution in [1.29, 1.82) is 0 Å². The van der Waals surface area contributed by atoms with E-state index >= 15 is 0 Å². The molecule has 3 rings (SSSR count). The van der Waals surface area contributed by atoms with Gasteiger partial charge in [0.15, 0.2) is 0 Å². The van der Waals surface area contributed by atoms with Crippen LogP contribution in [0.5, 0.6) is 0 Å². The Morgan fingerprint density at radius 1 is 1.10 bits per heavy atom. The van der Waals surface area contributed by atoms with Gasteiger partial charge in [-0.1, -0.05) is 18.2 Å². The third-order valence-corrected chi connectivity index (χ3v) is 4.56. The number of halogens is 3. The van der Waals surface area contributed by atoms with Crippen molar-refractivity contribution in [3.8, 4) is 5.69 Å². The average molecular weight is 432 g/mol. The van der Waals surface area contributed by atoms with Crippen LogP contribution in [0.4, 0.5) is 18.9 Å². The molecule has 0 aliphatic carbocycles. The predicted octanol–water partition coefficient (Wildman–Crippen LogP) is 2.54. The first-order valence-electron chi connectivity index (χ1n) is 9.15. The highest BCUT2D eigenvalue weighted by atomic mass is 19.4. The van der Waals surface area contributed by atoms with Crippen molar-refractivity contribution in [2.24, 2.45) is 0 Å². The van der Waals surface area contributed by atoms with Gasteiger partial charge in [-0.15, -0.1) is 0 Å². The van der Waals surface area contributed by atoms with Gasteiger partial charge in [0.05, 0.1) is 11.3 Å². The molecule has 10 heteroatoms. The summed E-state index contributed by atoms with van der Waals surface area (Å²) in [6.45, 7) is 0.120. The standard InChI is InChI=1S/C21H19F3N4O3/c1-27(2)15-8-6-13(7-9-15)11-25-18(29)17-12-26-20(31)28(19(17)30)16-5-3-4-14(10-16)21(22,23)24/h3-10,12H,11H2,1-2H3,(H,25,29)(H,26,31). The van der Waals surface area contributed by atoms with Crippen LogP contribution in [0.15, 0.2) is 64.3 Å². The number of aromatic amines is 1. The molecule has 1 amide bonds. The van der Waals surface area contributed by atoms with Crippen LogP contribution in [-0.2, 0) is 12.7 Å². The van der Waals surface area contributed by atoms with Crippen LogP contribution in [-0.4, -0.2) is 29.6 Å². The van der Waals surface area contributed by atoms with E-state index in [1.54, 1.807) is 0 Å². The molecule has 1 aromatic heterocycles. The molecule has 0 fully saturated rings. The lowest BCUT2D eigenvalue weighted by Gasteiger charge is -2.13. The van der Waals surface area contributed by atoms with Gasteiger partial charge in [0.1, 0.15) is 5.56 Å². The van der Waals surface area contributed by atoms with E-state index in [0.29, 0.717) is 10.6 Å². The lowest BCUT2D eigenvalue weighted by Crippen LogP contribution is -2.39. The monoisotopic (exact) mass is 432 g/mol. The van der Waals surface area contributed by atoms with E-state index in [2.05, 4.69) is 10.3 Å². The minimum Gasteiger partial charge on any atom is -0.378 e. The lowest BCUT2D eigenvalue weighted by atomic mass is 10.2. The van der Waals surface area contributed by atoms with E-state index in [1.165, 1.54) is 6.07 Å². The van der Waals surface area contributed by atoms with Gasteiger partial charge in [0.2, 0.25) is 0 Å². The van der Waals surface area contributed by atoms with Gasteiger partial charge in [-0.3, -0.25) is 9.59 Å². The number of hydrogen-bond acceptors (Lipinski definition) is 4. The smallest absolute Gasteiger partial charge is 0.378 e. The maximum Gasteiger partial charge on any atom is 0.416 e. The van der Waals surface area contributed by atoms with E-state index in [1.807, 2.05) is 43.3 Å². The van der Waals surface area contributed by atoms with Crippen molar-refractivity contribution in [2.45, 2.75) is 12.7 Å². The maximum atomic E-state index is 13.0. The second-order valence-corrected chi connectivity index (χ2v) is 6.94. The highest BCUT2D eigenvalue weighted by molar-refractivity contribution is 5.93. The minimum atomic E-state index is -4.65. The topological polar surface area (TPSA) is 87.2 Å². The first-order chi connectivity index (χ1) is 14.6. The zero-order valence-electron chi connectivity index (χ0n) is 16.7. The first kappa shape index (κ1) is 21.9. The van der Waals surface area contributed by atoms with Crippen LogP contribution >= 0.6 is 0 Å². The van der Waals surface area contributed by atoms with Crippen molar-refractivity contribution in [3.63, 3.8) is 0 Å². The third-order valence-electron chi connectivity index (χ3n) is 4.56. The molecule has 1 heterocycles. The van der Waals surface area contributed by atoms with Crippen molar-refractivity contribution >= 4 is 11.6 Å². The Morgan fingerprint density at radius 3 is 2.39 bits per heavy atom. The summed E-state index contributed by atoms with van der Waals surface area (Å²) in [4.78, 5) is 41.5. The van der Waals surface area contributed by atoms with Gasteiger partial charge in [-0.2, -0.15) is 13.2 Å². The van der Waals surface area contributed by atoms with Crippen molar-refractivity contribution in [3.05, 3.63) is 92.3 Å². The van der Waals surface area contributed by atoms with Crippen LogP contribution in [0.2, 0.25) is 0 Å². The van der Waals surface area contributed by atoms with Crippen molar-refractivity contribution in [2.75, 3.05) is 19.0 Å². The zero-order valence-corrected chi connectivity index (χ0v) is 16.7. The molecular weight excluding hydrogens is 413 g/mol. The number of carbonyl (C=O) groups excluding carboxylic acids is 1. The van der Waals surface area contributed by atoms with Crippen molar-refractivity contribution < 1.29 is 18.0 Å². The molecule has 2 aromatic carbocycles. The number of nitrogens with zero attached hydrogens (tertiary/aromatic N) is 2. The molecule has 0 aliphatic rings. The van der Waals surface area contributed by atoms with Crippen LogP contribution in [0.1, 0.15) is 21.5 Å². The predicted molar refractivity (Wildman–Crippen MR) is 110 cm³/mol. The third kappa shape index (κ3) is 4.85. The second-order valence-electron chi connectivity index (χ2n) is 6.94. The molecule has 0 radical (unpaired) electrons. The number of amides is 1. The number of rotatable bonds is 5. The number of H-pyrrole nitrogens is 1. The Labute approximate surface area is 174 Å². The van der Waals surface area contributed by atoms with Crippen LogP contribution in [0, 0.1) is 0 Å². The molecule has 162 valence electrons. The van der Waals surface area contributed by atoms with Gasteiger partial charge >= 0.3 is 11.9 Å². The van der Waals surface area contributed by atoms with Crippen molar-refractivity contribution in [1.82, 2.24) is 14.9 Å². The van der Waals surface area contributed by atoms with Crippen LogP contribution in [0.3, 0.4) is 0 Å². The SMILES string of the molecule is CN(C)c1ccc(CNC(=O)c2c[nH]c(=O)n(-c3cccc(C(F)(F)F)c3)c2=O)cc1. The number of nitrogens with one attached hydrogen (secondary N) is 2. The Balaban J connectivity index is 1.87. The summed E-state index contributed by atoms with van der Waals surface area (Å²) in [7, 11) is 3.78. The van der Waals surface area contributed by atoms with Gasteiger partial charge in [0, 0.05) is 32.5 Å². The fraction of sp³-hybridized carbons (Fsp3) is 0.190. The van der Waals surface area contributed by atoms with Gasteiger partial charge in [0.25, 0.3) is 11.5 Å². The highest BCUT2D eigenvalue weighted by Crippen LogP contribution is 2.29. The molecule has 3 aromatic rings. The molecule has 7 nitrogen and oxygen atoms in total. The quantitative estimate of drug-likeness (QED) is 0.649. The van der Waals surface area contributed by atoms with Gasteiger partial charge < -0.3 is 15.2 Å². The summed E-state index contributed by atoms with van der Waals surface area (Å²) < 4.78 is 39.4. The molecule has 31 heavy (non-hydrogen) atoms. The fourth-order valence-electron chi connectivity index (χ4n) is 2.88. The van der Waals surface area contributed by atoms with E-state index in [9.17, 15) is 27.6 Å². The minimum absolute atomic E-state index is 0.120. The largest absolute Gasteiger partial charge is 0.416 e. The summed E-state index contributed by atoms with van der Waals surface area (Å²) in [6.07, 6.45) is -3.71. The number of anilines is 1. The van der Waals surface area contributed by atoms with Crippen LogP contribution < -0.4 is 21.5 Å². The molecule has 0 bridgehead atoms. The van der Waals surface area contributed by atoms with E-state index < -0.39 is 34.5 Å². The summed E-state index contributed by atoms with van der Waals surface area (Å²) >= 11 is 0. The first-order valence-corrected chi connectivity index (χ1v) is 9.15. The molecular formula is C21H19F3N4O3. The van der Waals surface area contributed by atoms with Gasteiger partial charge in [-0.05, 0) is 35.9 Å². The lowest BCUT2D eigenvalue weighted by molar-refractivity contribution is -0.137. The van der Waals surface area contributed by atoms with E-state index in [4.69, 9.17) is 0 Å². The molecule has 0 atom stereocenters. The zero-order chi connectivity index (χ0) is 22.8. The summed E-state index contributed by atoms with van der Waals surface area (Å²) in [5, 5.41) is 2.57. The molecule has 2 N–H and O–H groups in total. The number of hydrogen-bond donors (Lipinski definition) is 2. The number of aromatic nitrogens is 2. The Bertz CT molecular complexity index is 1210. The highest BCUT2D eigenvalue weighted by Gasteiger charge is 2.30. The Kier molecular flexibility index (Phi) is 6.00. The maximum absolute atomic E-state index is 13.0. The average Bonchev–Trinajstić information content (AvgIpc) is 2.72. The number of benzene rings is 2. The summed E-state index contributed by atoms with van der Waals surface area (Å²) in [6, 6.07) is 11.1. The van der Waals surface area contributed by atoms with E-state index in [0.717, 1.165) is 29.6 Å². The Hall–Kier alpha value is -3.82. The summed E-state index contributed by atoms with van der Waals surface area (Å²) in [5.41, 5.74) is -1.95. The van der Waals surface area contributed by atoms with Gasteiger partial charge in [-0.25, -0.2) is 9.36 Å². The molecule has 0 saturated carbocycles. The summed E-state index contributed by atoms with van der Waals surface area (Å²) in [5.74, 6) is -0.765. The molecule has 0 unspecified atom stereocenters. The number of alkyl halides is 3.